The van der Waals surface area contributed by atoms with Crippen LogP contribution < -0.4 is 0 Å². The van der Waals surface area contributed by atoms with Crippen molar-refractivity contribution in [2.45, 2.75) is 13.8 Å². The molecule has 3 nitrogen and oxygen atoms in total. The van der Waals surface area contributed by atoms with Crippen molar-refractivity contribution in [2.75, 3.05) is 0 Å². The van der Waals surface area contributed by atoms with Crippen molar-refractivity contribution < 1.29 is 0 Å². The first-order valence-electron chi connectivity index (χ1n) is 43.4. The largest absolute Gasteiger partial charge is 0.309 e. The van der Waals surface area contributed by atoms with Gasteiger partial charge in [-0.3, -0.25) is 0 Å². The van der Waals surface area contributed by atoms with E-state index in [0.29, 0.717) is 0 Å². The second-order valence-electron chi connectivity index (χ2n) is 33.3. The number of aryl methyl sites for hydroxylation is 2. The quantitative estimate of drug-likeness (QED) is 0.135. The highest BCUT2D eigenvalue weighted by molar-refractivity contribution is 6.27. The molecule has 0 fully saturated rings. The lowest BCUT2D eigenvalue weighted by Gasteiger charge is -2.16. The molecule has 0 saturated carbocycles. The van der Waals surface area contributed by atoms with Crippen molar-refractivity contribution >= 4 is 162 Å². The number of aromatic nitrogens is 3. The summed E-state index contributed by atoms with van der Waals surface area (Å²) < 4.78 is 7.43. The second-order valence-corrected chi connectivity index (χ2v) is 33.3. The normalized spacial score (nSPS) is 11.8. The molecule has 0 spiro atoms. The molecule has 0 N–H and O–H groups in total. The third-order valence-corrected chi connectivity index (χ3v) is 26.3. The molecule has 3 heterocycles. The molecular formula is C122H81N3. The van der Waals surface area contributed by atoms with E-state index in [1.165, 1.54) is 246 Å². The van der Waals surface area contributed by atoms with Crippen LogP contribution in [0, 0.1) is 13.8 Å². The predicted octanol–water partition coefficient (Wildman–Crippen LogP) is 33.7. The molecule has 0 unspecified atom stereocenters. The van der Waals surface area contributed by atoms with Crippen molar-refractivity contribution in [3.63, 3.8) is 0 Å². The molecule has 0 atom stereocenters. The maximum Gasteiger partial charge on any atom is 0.0620 e. The summed E-state index contributed by atoms with van der Waals surface area (Å²) in [6, 6.07) is 166. The van der Waals surface area contributed by atoms with Gasteiger partial charge in [0.25, 0.3) is 0 Å². The summed E-state index contributed by atoms with van der Waals surface area (Å²) in [7, 11) is 0. The average Bonchev–Trinajstić information content (AvgIpc) is 1.51. The Morgan fingerprint density at radius 1 is 0.160 bits per heavy atom. The van der Waals surface area contributed by atoms with Crippen molar-refractivity contribution in [3.05, 3.63) is 466 Å². The highest BCUT2D eigenvalue weighted by atomic mass is 15.0. The zero-order valence-corrected chi connectivity index (χ0v) is 69.1. The topological polar surface area (TPSA) is 14.8 Å². The fourth-order valence-corrected chi connectivity index (χ4v) is 20.8. The summed E-state index contributed by atoms with van der Waals surface area (Å²) >= 11 is 0. The molecule has 125 heavy (non-hydrogen) atoms. The van der Waals surface area contributed by atoms with Crippen LogP contribution in [0.5, 0.6) is 0 Å². The van der Waals surface area contributed by atoms with E-state index in [1.54, 1.807) is 0 Å². The van der Waals surface area contributed by atoms with Crippen LogP contribution in [-0.2, 0) is 0 Å². The van der Waals surface area contributed by atoms with Gasteiger partial charge in [-0.1, -0.05) is 382 Å². The first-order valence-corrected chi connectivity index (χ1v) is 43.4. The van der Waals surface area contributed by atoms with Gasteiger partial charge in [-0.15, -0.1) is 0 Å². The summed E-state index contributed by atoms with van der Waals surface area (Å²) in [6.45, 7) is 4.45. The van der Waals surface area contributed by atoms with Gasteiger partial charge < -0.3 is 13.7 Å². The van der Waals surface area contributed by atoms with Crippen molar-refractivity contribution in [1.29, 1.82) is 0 Å². The number of benzene rings is 23. The fourth-order valence-electron chi connectivity index (χ4n) is 20.8. The van der Waals surface area contributed by atoms with E-state index in [-0.39, 0.29) is 0 Å². The van der Waals surface area contributed by atoms with Gasteiger partial charge in [0, 0.05) is 65.2 Å². The molecule has 0 bridgehead atoms. The van der Waals surface area contributed by atoms with Crippen LogP contribution in [0.15, 0.2) is 455 Å². The Morgan fingerprint density at radius 3 is 1.01 bits per heavy atom. The number of rotatable bonds is 8. The van der Waals surface area contributed by atoms with Crippen molar-refractivity contribution in [1.82, 2.24) is 13.7 Å². The Bertz CT molecular complexity index is 8850. The zero-order valence-electron chi connectivity index (χ0n) is 69.1. The standard InChI is InChI=1S/2C43H29N.C36H23N/c1-28-32-15-5-6-16-33(32)34-17-7-9-20-37(34)42(28)30-23-25-31(26-24-30)44-41-22-12-11-19-36(41)40-27-39(29-13-3-2-4-14-29)35-18-8-10-21-38(35)43(40)44;1-28-22-23-42-40(24-28)41-27-39(29-12-3-2-4-13-29)36-20-9-10-21-37(36)43(41)44(42)32-16-11-15-30(25-32)38-26-31-14-5-6-17-33(31)34-18-7-8-19-35(34)38;1-2-12-24(13-3-1)32-23-33-30-19-10-11-21-34(30)37(36(33)31-20-9-7-17-28(31)32)35-22-25-14-4-5-15-26(25)27-16-6-8-18-29(27)35/h2*2-27H,1H3;1-23H. The molecule has 0 aliphatic heterocycles. The predicted molar refractivity (Wildman–Crippen MR) is 537 cm³/mol. The number of nitrogens with zero attached hydrogens (tertiary/aromatic N) is 3. The van der Waals surface area contributed by atoms with E-state index in [0.717, 1.165) is 0 Å². The smallest absolute Gasteiger partial charge is 0.0620 e. The lowest BCUT2D eigenvalue weighted by atomic mass is 9.89. The van der Waals surface area contributed by atoms with Crippen LogP contribution in [0.1, 0.15) is 11.1 Å². The molecule has 26 aromatic rings. The van der Waals surface area contributed by atoms with E-state index in [2.05, 4.69) is 483 Å². The Balaban J connectivity index is 0.000000106. The maximum absolute atomic E-state index is 2.50. The highest BCUT2D eigenvalue weighted by Gasteiger charge is 2.25. The Kier molecular flexibility index (Phi) is 17.4. The van der Waals surface area contributed by atoms with Crippen LogP contribution in [0.3, 0.4) is 0 Å². The lowest BCUT2D eigenvalue weighted by Crippen LogP contribution is -1.97. The van der Waals surface area contributed by atoms with E-state index in [4.69, 9.17) is 0 Å². The molecule has 0 radical (unpaired) electrons. The Morgan fingerprint density at radius 2 is 0.496 bits per heavy atom. The van der Waals surface area contributed by atoms with Crippen molar-refractivity contribution in [3.8, 4) is 72.7 Å². The molecule has 0 saturated heterocycles. The molecule has 0 aliphatic rings. The number of para-hydroxylation sites is 2. The van der Waals surface area contributed by atoms with Gasteiger partial charge in [0.2, 0.25) is 0 Å². The summed E-state index contributed by atoms with van der Waals surface area (Å²) in [5, 5.41) is 30.7. The molecule has 584 valence electrons. The average molecular weight is 1590 g/mol. The van der Waals surface area contributed by atoms with Gasteiger partial charge in [0.1, 0.15) is 0 Å². The first-order chi connectivity index (χ1) is 61.9. The lowest BCUT2D eigenvalue weighted by molar-refractivity contribution is 1.19. The Hall–Kier alpha value is -16.2. The summed E-state index contributed by atoms with van der Waals surface area (Å²) in [5.74, 6) is 0. The van der Waals surface area contributed by atoms with Gasteiger partial charge >= 0.3 is 0 Å². The van der Waals surface area contributed by atoms with Crippen LogP contribution in [0.25, 0.3) is 235 Å². The van der Waals surface area contributed by atoms with E-state index < -0.39 is 0 Å². The van der Waals surface area contributed by atoms with Gasteiger partial charge in [-0.2, -0.15) is 0 Å². The molecular weight excluding hydrogens is 1510 g/mol. The van der Waals surface area contributed by atoms with Crippen LogP contribution >= 0.6 is 0 Å². The zero-order chi connectivity index (χ0) is 82.7. The molecule has 26 rings (SSSR count). The number of hydrogen-bond donors (Lipinski definition) is 0. The van der Waals surface area contributed by atoms with Gasteiger partial charge in [0.15, 0.2) is 0 Å². The maximum atomic E-state index is 2.50. The SMILES string of the molecule is Cc1c(-c2ccc(-n3c4ccccc4c4cc(-c5ccccc5)c5ccccc5c43)cc2)c2ccccc2c2ccccc12.Cc1ccc2c(c1)c1cc(-c3ccccc3)c3ccccc3c1n2-c1cccc(-c2cc3ccccc3c3ccccc23)c1.c1ccc(-c2cc3c4ccccc4n(-c4cc5ccccc5c5ccccc45)c3c3ccccc23)cc1. The van der Waals surface area contributed by atoms with Crippen LogP contribution in [0.2, 0.25) is 0 Å². The molecule has 3 heteroatoms. The van der Waals surface area contributed by atoms with E-state index >= 15 is 0 Å². The summed E-state index contributed by atoms with van der Waals surface area (Å²) in [5.41, 5.74) is 26.1. The van der Waals surface area contributed by atoms with Crippen molar-refractivity contribution in [2.24, 2.45) is 0 Å². The monoisotopic (exact) mass is 1590 g/mol. The minimum Gasteiger partial charge on any atom is -0.309 e. The fraction of sp³-hybridized carbons (Fsp3) is 0.0164. The Labute approximate surface area is 723 Å². The third-order valence-electron chi connectivity index (χ3n) is 26.3. The minimum absolute atomic E-state index is 1.17. The third kappa shape index (κ3) is 11.9. The first kappa shape index (κ1) is 72.8. The molecule has 0 aliphatic carbocycles. The minimum atomic E-state index is 1.17. The molecule has 0 amide bonds. The van der Waals surface area contributed by atoms with E-state index in [9.17, 15) is 0 Å². The van der Waals surface area contributed by atoms with Gasteiger partial charge in [-0.05, 0) is 229 Å². The van der Waals surface area contributed by atoms with Crippen LogP contribution in [0.4, 0.5) is 0 Å². The van der Waals surface area contributed by atoms with E-state index in [1.807, 2.05) is 0 Å². The van der Waals surface area contributed by atoms with Crippen LogP contribution in [-0.4, -0.2) is 13.7 Å². The number of hydrogen-bond acceptors (Lipinski definition) is 0. The highest BCUT2D eigenvalue weighted by Crippen LogP contribution is 2.49. The van der Waals surface area contributed by atoms with Gasteiger partial charge in [0.05, 0.1) is 38.8 Å². The molecule has 23 aromatic carbocycles. The van der Waals surface area contributed by atoms with Gasteiger partial charge in [-0.25, -0.2) is 0 Å². The summed E-state index contributed by atoms with van der Waals surface area (Å²) in [6.07, 6.45) is 0. The summed E-state index contributed by atoms with van der Waals surface area (Å²) in [4.78, 5) is 0. The molecule has 3 aromatic heterocycles. The number of fused-ring (bicyclic) bond motifs is 24. The second kappa shape index (κ2) is 29.9.